The monoisotopic (exact) mass is 282 g/mol. The first-order valence-corrected chi connectivity index (χ1v) is 7.68. The van der Waals surface area contributed by atoms with Gasteiger partial charge in [0.15, 0.2) is 5.17 Å². The molecule has 1 aliphatic rings. The van der Waals surface area contributed by atoms with Gasteiger partial charge in [0.05, 0.1) is 5.54 Å². The Hall–Kier alpha value is -1.74. The highest BCUT2D eigenvalue weighted by atomic mass is 32.2. The summed E-state index contributed by atoms with van der Waals surface area (Å²) in [7, 11) is 0. The van der Waals surface area contributed by atoms with E-state index in [-0.39, 0.29) is 5.54 Å². The first-order valence-electron chi connectivity index (χ1n) is 6.80. The highest BCUT2D eigenvalue weighted by Crippen LogP contribution is 2.46. The van der Waals surface area contributed by atoms with Crippen molar-refractivity contribution in [2.45, 2.75) is 24.1 Å². The lowest BCUT2D eigenvalue weighted by molar-refractivity contribution is 0.448. The van der Waals surface area contributed by atoms with E-state index >= 15 is 0 Å². The molecular formula is C17H18N2S. The molecule has 3 heteroatoms. The van der Waals surface area contributed by atoms with Gasteiger partial charge in [0.25, 0.3) is 0 Å². The number of nitrogens with zero attached hydrogens (tertiary/aromatic N) is 1. The Bertz CT molecular complexity index is 609. The van der Waals surface area contributed by atoms with Gasteiger partial charge in [-0.05, 0) is 24.5 Å². The van der Waals surface area contributed by atoms with Crippen LogP contribution in [0.15, 0.2) is 65.7 Å². The lowest BCUT2D eigenvalue weighted by Crippen LogP contribution is -2.30. The SMILES string of the molecule is C[C@]1(c2ccccc2)C[C@@H](c2ccccc2)SC(N)=N1. The second-order valence-electron chi connectivity index (χ2n) is 5.31. The molecule has 0 radical (unpaired) electrons. The van der Waals surface area contributed by atoms with Crippen LogP contribution < -0.4 is 5.73 Å². The van der Waals surface area contributed by atoms with E-state index in [0.29, 0.717) is 10.4 Å². The van der Waals surface area contributed by atoms with Crippen LogP contribution in [0.25, 0.3) is 0 Å². The molecule has 2 atom stereocenters. The summed E-state index contributed by atoms with van der Waals surface area (Å²) in [5.41, 5.74) is 8.39. The first kappa shape index (κ1) is 13.3. The van der Waals surface area contributed by atoms with Crippen molar-refractivity contribution in [2.75, 3.05) is 0 Å². The number of benzene rings is 2. The summed E-state index contributed by atoms with van der Waals surface area (Å²) in [6, 6.07) is 21.0. The first-order chi connectivity index (χ1) is 9.67. The van der Waals surface area contributed by atoms with Crippen LogP contribution >= 0.6 is 11.8 Å². The van der Waals surface area contributed by atoms with Crippen molar-refractivity contribution < 1.29 is 0 Å². The molecule has 0 unspecified atom stereocenters. The number of amidine groups is 1. The summed E-state index contributed by atoms with van der Waals surface area (Å²) in [5, 5.41) is 1.04. The van der Waals surface area contributed by atoms with E-state index in [2.05, 4.69) is 55.5 Å². The Labute approximate surface area is 124 Å². The van der Waals surface area contributed by atoms with Gasteiger partial charge in [-0.3, -0.25) is 4.99 Å². The molecule has 3 rings (SSSR count). The Morgan fingerprint density at radius 1 is 1.05 bits per heavy atom. The summed E-state index contributed by atoms with van der Waals surface area (Å²) in [6.07, 6.45) is 0.965. The Balaban J connectivity index is 1.96. The topological polar surface area (TPSA) is 38.4 Å². The molecule has 0 amide bonds. The average molecular weight is 282 g/mol. The maximum atomic E-state index is 6.09. The Morgan fingerprint density at radius 2 is 1.65 bits per heavy atom. The maximum absolute atomic E-state index is 6.09. The van der Waals surface area contributed by atoms with Crippen molar-refractivity contribution in [1.29, 1.82) is 0 Å². The average Bonchev–Trinajstić information content (AvgIpc) is 2.48. The van der Waals surface area contributed by atoms with Gasteiger partial charge in [-0.2, -0.15) is 0 Å². The molecule has 0 bridgehead atoms. The van der Waals surface area contributed by atoms with Crippen LogP contribution in [0.1, 0.15) is 29.7 Å². The summed E-state index contributed by atoms with van der Waals surface area (Å²) < 4.78 is 0. The summed E-state index contributed by atoms with van der Waals surface area (Å²) in [4.78, 5) is 4.72. The maximum Gasteiger partial charge on any atom is 0.155 e. The lowest BCUT2D eigenvalue weighted by Gasteiger charge is -2.34. The molecule has 0 aliphatic carbocycles. The summed E-state index contributed by atoms with van der Waals surface area (Å²) in [5.74, 6) is 0. The predicted octanol–water partition coefficient (Wildman–Crippen LogP) is 4.09. The number of hydrogen-bond acceptors (Lipinski definition) is 3. The molecule has 0 saturated carbocycles. The normalized spacial score (nSPS) is 26.1. The molecule has 102 valence electrons. The second kappa shape index (κ2) is 5.33. The van der Waals surface area contributed by atoms with E-state index in [4.69, 9.17) is 10.7 Å². The zero-order chi connectivity index (χ0) is 14.0. The van der Waals surface area contributed by atoms with Crippen molar-refractivity contribution >= 4 is 16.9 Å². The van der Waals surface area contributed by atoms with E-state index in [9.17, 15) is 0 Å². The van der Waals surface area contributed by atoms with Gasteiger partial charge >= 0.3 is 0 Å². The minimum atomic E-state index is -0.239. The largest absolute Gasteiger partial charge is 0.378 e. The van der Waals surface area contributed by atoms with Crippen molar-refractivity contribution in [2.24, 2.45) is 10.7 Å². The smallest absolute Gasteiger partial charge is 0.155 e. The minimum absolute atomic E-state index is 0.239. The number of aliphatic imine (C=N–C) groups is 1. The highest BCUT2D eigenvalue weighted by Gasteiger charge is 2.35. The van der Waals surface area contributed by atoms with E-state index in [0.717, 1.165) is 6.42 Å². The number of nitrogens with two attached hydrogens (primary N) is 1. The molecule has 0 aromatic heterocycles. The molecular weight excluding hydrogens is 264 g/mol. The van der Waals surface area contributed by atoms with Crippen LogP contribution in [-0.4, -0.2) is 5.17 Å². The third-order valence-electron chi connectivity index (χ3n) is 3.77. The molecule has 1 aliphatic heterocycles. The summed E-state index contributed by atoms with van der Waals surface area (Å²) in [6.45, 7) is 2.17. The van der Waals surface area contributed by atoms with Crippen LogP contribution in [0, 0.1) is 0 Å². The van der Waals surface area contributed by atoms with E-state index in [1.807, 2.05) is 12.1 Å². The van der Waals surface area contributed by atoms with E-state index in [1.165, 1.54) is 11.1 Å². The predicted molar refractivity (Wildman–Crippen MR) is 86.8 cm³/mol. The standard InChI is InChI=1S/C17H18N2S/c1-17(14-10-6-3-7-11-14)12-15(20-16(18)19-17)13-8-4-2-5-9-13/h2-11,15H,12H2,1H3,(H2,18,19)/t15-,17+/m0/s1. The molecule has 0 saturated heterocycles. The third kappa shape index (κ3) is 2.59. The molecule has 2 aromatic rings. The fourth-order valence-electron chi connectivity index (χ4n) is 2.70. The number of rotatable bonds is 2. The van der Waals surface area contributed by atoms with Crippen LogP contribution in [0.2, 0.25) is 0 Å². The second-order valence-corrected chi connectivity index (χ2v) is 6.53. The molecule has 2 aromatic carbocycles. The highest BCUT2D eigenvalue weighted by molar-refractivity contribution is 8.14. The van der Waals surface area contributed by atoms with Gasteiger partial charge in [-0.25, -0.2) is 0 Å². The van der Waals surface area contributed by atoms with Crippen LogP contribution in [-0.2, 0) is 5.54 Å². The molecule has 1 heterocycles. The van der Waals surface area contributed by atoms with Crippen LogP contribution in [0.4, 0.5) is 0 Å². The van der Waals surface area contributed by atoms with Gasteiger partial charge < -0.3 is 5.73 Å². The van der Waals surface area contributed by atoms with Gasteiger partial charge in [0.2, 0.25) is 0 Å². The fraction of sp³-hybridized carbons (Fsp3) is 0.235. The third-order valence-corrected chi connectivity index (χ3v) is 4.83. The van der Waals surface area contributed by atoms with Gasteiger partial charge in [0.1, 0.15) is 0 Å². The minimum Gasteiger partial charge on any atom is -0.378 e. The van der Waals surface area contributed by atoms with Gasteiger partial charge in [-0.15, -0.1) is 0 Å². The molecule has 0 spiro atoms. The Kier molecular flexibility index (Phi) is 3.53. The molecule has 2 nitrogen and oxygen atoms in total. The van der Waals surface area contributed by atoms with E-state index < -0.39 is 0 Å². The van der Waals surface area contributed by atoms with Gasteiger partial charge in [-0.1, -0.05) is 72.4 Å². The Morgan fingerprint density at radius 3 is 2.30 bits per heavy atom. The van der Waals surface area contributed by atoms with Crippen molar-refractivity contribution in [3.05, 3.63) is 71.8 Å². The van der Waals surface area contributed by atoms with Crippen molar-refractivity contribution in [3.8, 4) is 0 Å². The molecule has 0 fully saturated rings. The quantitative estimate of drug-likeness (QED) is 0.900. The van der Waals surface area contributed by atoms with Gasteiger partial charge in [0, 0.05) is 5.25 Å². The summed E-state index contributed by atoms with van der Waals surface area (Å²) >= 11 is 1.66. The van der Waals surface area contributed by atoms with Crippen LogP contribution in [0.3, 0.4) is 0 Å². The zero-order valence-electron chi connectivity index (χ0n) is 11.5. The van der Waals surface area contributed by atoms with Crippen molar-refractivity contribution in [1.82, 2.24) is 0 Å². The molecule has 20 heavy (non-hydrogen) atoms. The van der Waals surface area contributed by atoms with Crippen molar-refractivity contribution in [3.63, 3.8) is 0 Å². The van der Waals surface area contributed by atoms with E-state index in [1.54, 1.807) is 11.8 Å². The molecule has 2 N–H and O–H groups in total. The van der Waals surface area contributed by atoms with Crippen LogP contribution in [0.5, 0.6) is 0 Å². The number of thioether (sulfide) groups is 1. The number of hydrogen-bond donors (Lipinski definition) is 1. The zero-order valence-corrected chi connectivity index (χ0v) is 12.3. The lowest BCUT2D eigenvalue weighted by atomic mass is 9.86. The fourth-order valence-corrected chi connectivity index (χ4v) is 3.94.